The Kier molecular flexibility index (Phi) is 3.76. The van der Waals surface area contributed by atoms with Gasteiger partial charge in [-0.1, -0.05) is 56.1 Å². The summed E-state index contributed by atoms with van der Waals surface area (Å²) in [5.41, 5.74) is 1.66. The van der Waals surface area contributed by atoms with E-state index in [1.54, 1.807) is 0 Å². The summed E-state index contributed by atoms with van der Waals surface area (Å²) < 4.78 is 13.6. The molecule has 0 amide bonds. The summed E-state index contributed by atoms with van der Waals surface area (Å²) in [6.07, 6.45) is 2.39. The number of rotatable bonds is 0. The third kappa shape index (κ3) is 2.46. The van der Waals surface area contributed by atoms with Gasteiger partial charge in [-0.25, -0.2) is 0 Å². The Balaban J connectivity index is 1.99. The van der Waals surface area contributed by atoms with Crippen LogP contribution in [-0.2, 0) is 4.74 Å². The molecule has 0 unspecified atom stereocenters. The molecule has 1 aliphatic carbocycles. The van der Waals surface area contributed by atoms with Crippen molar-refractivity contribution in [3.8, 4) is 5.75 Å². The van der Waals surface area contributed by atoms with Gasteiger partial charge < -0.3 is 14.6 Å². The first-order valence-electron chi connectivity index (χ1n) is 8.27. The monoisotopic (exact) mass is 472 g/mol. The first-order chi connectivity index (χ1) is 12.5. The number of benzene rings is 3. The summed E-state index contributed by atoms with van der Waals surface area (Å²) in [5, 5.41) is 15.5. The molecule has 5 rings (SSSR count). The topological polar surface area (TPSA) is 38.7 Å². The highest BCUT2D eigenvalue weighted by molar-refractivity contribution is 9.10. The van der Waals surface area contributed by atoms with Gasteiger partial charge >= 0.3 is 0 Å². The van der Waals surface area contributed by atoms with E-state index in [1.807, 2.05) is 36.4 Å². The summed E-state index contributed by atoms with van der Waals surface area (Å²) in [7, 11) is 0. The van der Waals surface area contributed by atoms with Crippen molar-refractivity contribution in [3.63, 3.8) is 0 Å². The second kappa shape index (κ2) is 5.92. The molecule has 3 aromatic rings. The smallest absolute Gasteiger partial charge is 0.200 e. The lowest BCUT2D eigenvalue weighted by Crippen LogP contribution is -2.44. The molecule has 0 aromatic heterocycles. The number of halogens is 2. The maximum Gasteiger partial charge on any atom is 0.200 e. The SMILES string of the molecule is O[C@]12CC=c3cc(Br)ccc3=C1c1c(ccc3cc(Br)ccc13)OCO2. The highest BCUT2D eigenvalue weighted by atomic mass is 79.9. The minimum Gasteiger partial charge on any atom is -0.467 e. The first-order valence-corrected chi connectivity index (χ1v) is 9.86. The van der Waals surface area contributed by atoms with Crippen LogP contribution in [-0.4, -0.2) is 17.7 Å². The molecular weight excluding hydrogens is 460 g/mol. The van der Waals surface area contributed by atoms with Crippen molar-refractivity contribution in [2.75, 3.05) is 6.79 Å². The Labute approximate surface area is 166 Å². The number of hydrogen-bond acceptors (Lipinski definition) is 3. The van der Waals surface area contributed by atoms with Crippen LogP contribution in [0.3, 0.4) is 0 Å². The molecule has 0 radical (unpaired) electrons. The van der Waals surface area contributed by atoms with Gasteiger partial charge in [0, 0.05) is 26.5 Å². The number of aliphatic hydroxyl groups is 1. The molecule has 5 heteroatoms. The third-order valence-electron chi connectivity index (χ3n) is 4.98. The minimum atomic E-state index is -1.41. The Morgan fingerprint density at radius 2 is 1.77 bits per heavy atom. The van der Waals surface area contributed by atoms with E-state index < -0.39 is 5.79 Å². The van der Waals surface area contributed by atoms with Crippen molar-refractivity contribution < 1.29 is 14.6 Å². The van der Waals surface area contributed by atoms with Crippen molar-refractivity contribution in [2.24, 2.45) is 0 Å². The zero-order chi connectivity index (χ0) is 17.9. The predicted molar refractivity (Wildman–Crippen MR) is 108 cm³/mol. The Morgan fingerprint density at radius 3 is 2.65 bits per heavy atom. The fourth-order valence-corrected chi connectivity index (χ4v) is 4.56. The van der Waals surface area contributed by atoms with Crippen LogP contribution in [0.25, 0.3) is 22.4 Å². The summed E-state index contributed by atoms with van der Waals surface area (Å²) >= 11 is 7.07. The molecule has 0 spiro atoms. The van der Waals surface area contributed by atoms with Crippen LogP contribution in [0.15, 0.2) is 57.5 Å². The van der Waals surface area contributed by atoms with E-state index in [-0.39, 0.29) is 6.79 Å². The van der Waals surface area contributed by atoms with E-state index in [4.69, 9.17) is 9.47 Å². The maximum absolute atomic E-state index is 11.4. The van der Waals surface area contributed by atoms with Crippen molar-refractivity contribution >= 4 is 54.3 Å². The molecule has 130 valence electrons. The van der Waals surface area contributed by atoms with Gasteiger partial charge in [-0.3, -0.25) is 0 Å². The largest absolute Gasteiger partial charge is 0.467 e. The number of fused-ring (bicyclic) bond motifs is 6. The summed E-state index contributed by atoms with van der Waals surface area (Å²) in [6.45, 7) is 0.00867. The molecule has 26 heavy (non-hydrogen) atoms. The summed E-state index contributed by atoms with van der Waals surface area (Å²) in [6, 6.07) is 16.2. The fourth-order valence-electron chi connectivity index (χ4n) is 3.80. The molecule has 2 aliphatic rings. The molecule has 1 heterocycles. The zero-order valence-corrected chi connectivity index (χ0v) is 16.8. The lowest BCUT2D eigenvalue weighted by atomic mass is 9.85. The van der Waals surface area contributed by atoms with Gasteiger partial charge in [-0.2, -0.15) is 0 Å². The van der Waals surface area contributed by atoms with Gasteiger partial charge in [-0.15, -0.1) is 0 Å². The molecule has 0 fully saturated rings. The van der Waals surface area contributed by atoms with Gasteiger partial charge in [-0.05, 0) is 51.5 Å². The number of ether oxygens (including phenoxy) is 2. The van der Waals surface area contributed by atoms with Crippen LogP contribution in [0.5, 0.6) is 5.75 Å². The normalized spacial score (nSPS) is 21.1. The van der Waals surface area contributed by atoms with Crippen molar-refractivity contribution in [1.82, 2.24) is 0 Å². The van der Waals surface area contributed by atoms with Crippen molar-refractivity contribution in [1.29, 1.82) is 0 Å². The highest BCUT2D eigenvalue weighted by Crippen LogP contribution is 2.42. The second-order valence-corrected chi connectivity index (χ2v) is 8.34. The van der Waals surface area contributed by atoms with E-state index in [2.05, 4.69) is 50.1 Å². The van der Waals surface area contributed by atoms with Crippen molar-refractivity contribution in [2.45, 2.75) is 12.2 Å². The number of hydrogen-bond donors (Lipinski definition) is 1. The second-order valence-electron chi connectivity index (χ2n) is 6.51. The van der Waals surface area contributed by atoms with Crippen LogP contribution >= 0.6 is 31.9 Å². The molecule has 3 aromatic carbocycles. The third-order valence-corrected chi connectivity index (χ3v) is 5.96. The molecular formula is C21H14Br2O3. The summed E-state index contributed by atoms with van der Waals surface area (Å²) in [5.74, 6) is -0.686. The van der Waals surface area contributed by atoms with Gasteiger partial charge in [0.1, 0.15) is 5.75 Å². The molecule has 0 saturated heterocycles. The molecule has 1 atom stereocenters. The van der Waals surface area contributed by atoms with E-state index in [9.17, 15) is 5.11 Å². The zero-order valence-electron chi connectivity index (χ0n) is 13.6. The van der Waals surface area contributed by atoms with Crippen LogP contribution < -0.4 is 15.2 Å². The van der Waals surface area contributed by atoms with Gasteiger partial charge in [0.25, 0.3) is 0 Å². The molecule has 1 aliphatic heterocycles. The van der Waals surface area contributed by atoms with Gasteiger partial charge in [0.2, 0.25) is 5.79 Å². The van der Waals surface area contributed by atoms with E-state index in [0.29, 0.717) is 6.42 Å². The van der Waals surface area contributed by atoms with Crippen LogP contribution in [0, 0.1) is 0 Å². The van der Waals surface area contributed by atoms with E-state index in [1.165, 1.54) is 0 Å². The predicted octanol–water partition coefficient (Wildman–Crippen LogP) is 3.80. The lowest BCUT2D eigenvalue weighted by molar-refractivity contribution is -0.185. The quantitative estimate of drug-likeness (QED) is 0.539. The minimum absolute atomic E-state index is 0.00867. The molecule has 0 bridgehead atoms. The van der Waals surface area contributed by atoms with Crippen LogP contribution in [0.4, 0.5) is 0 Å². The Morgan fingerprint density at radius 1 is 0.962 bits per heavy atom. The molecule has 3 nitrogen and oxygen atoms in total. The van der Waals surface area contributed by atoms with Gasteiger partial charge in [0.15, 0.2) is 6.79 Å². The van der Waals surface area contributed by atoms with Crippen LogP contribution in [0.2, 0.25) is 0 Å². The first kappa shape index (κ1) is 16.5. The maximum atomic E-state index is 11.4. The molecule has 1 N–H and O–H groups in total. The van der Waals surface area contributed by atoms with Crippen LogP contribution in [0.1, 0.15) is 12.0 Å². The van der Waals surface area contributed by atoms with Crippen molar-refractivity contribution in [3.05, 3.63) is 73.5 Å². The Hall–Kier alpha value is -1.66. The highest BCUT2D eigenvalue weighted by Gasteiger charge is 2.39. The Bertz CT molecular complexity index is 1190. The fraction of sp³-hybridized carbons (Fsp3) is 0.143. The van der Waals surface area contributed by atoms with Gasteiger partial charge in [0.05, 0.1) is 0 Å². The standard InChI is InChI=1S/C21H14Br2O3/c22-14-2-4-16-12(9-14)1-6-18-19(16)20-17-5-3-15(23)10-13(17)7-8-21(20,24)26-11-25-18/h1-7,9-10,24H,8,11H2/t21-/m0/s1. The van der Waals surface area contributed by atoms with E-state index in [0.717, 1.165) is 47.0 Å². The summed E-state index contributed by atoms with van der Waals surface area (Å²) in [4.78, 5) is 0. The lowest BCUT2D eigenvalue weighted by Gasteiger charge is -2.30. The average Bonchev–Trinajstić information content (AvgIpc) is 2.77. The van der Waals surface area contributed by atoms with E-state index >= 15 is 0 Å². The average molecular weight is 474 g/mol. The molecule has 0 saturated carbocycles.